The van der Waals surface area contributed by atoms with Gasteiger partial charge in [-0.05, 0) is 57.7 Å². The molecule has 1 heterocycles. The van der Waals surface area contributed by atoms with Crippen LogP contribution in [0, 0.1) is 5.92 Å². The Labute approximate surface area is 101 Å². The molecule has 0 aromatic carbocycles. The fourth-order valence-electron chi connectivity index (χ4n) is 2.78. The number of piperidine rings is 1. The summed E-state index contributed by atoms with van der Waals surface area (Å²) in [6.45, 7) is 7.43. The predicted octanol–water partition coefficient (Wildman–Crippen LogP) is 2.64. The van der Waals surface area contributed by atoms with Crippen molar-refractivity contribution in [2.75, 3.05) is 26.2 Å². The average Bonchev–Trinajstić information content (AvgIpc) is 3.11. The minimum atomic E-state index is 0.773. The van der Waals surface area contributed by atoms with E-state index in [1.807, 2.05) is 0 Å². The zero-order valence-corrected chi connectivity index (χ0v) is 10.9. The molecule has 2 fully saturated rings. The zero-order chi connectivity index (χ0) is 11.2. The van der Waals surface area contributed by atoms with Crippen molar-refractivity contribution >= 4 is 0 Å². The first-order valence-electron chi connectivity index (χ1n) is 7.34. The summed E-state index contributed by atoms with van der Waals surface area (Å²) in [5.74, 6) is 1.11. The Hall–Kier alpha value is -0.0800. The molecule has 0 radical (unpaired) electrons. The highest BCUT2D eigenvalue weighted by molar-refractivity contribution is 4.79. The summed E-state index contributed by atoms with van der Waals surface area (Å²) in [5.41, 5.74) is 0. The largest absolute Gasteiger partial charge is 0.313 e. The molecule has 0 spiro atoms. The fraction of sp³-hybridized carbons (Fsp3) is 1.00. The van der Waals surface area contributed by atoms with Crippen molar-refractivity contribution in [3.05, 3.63) is 0 Å². The van der Waals surface area contributed by atoms with E-state index in [0.717, 1.165) is 12.0 Å². The first-order valence-corrected chi connectivity index (χ1v) is 7.34. The number of rotatable bonds is 7. The van der Waals surface area contributed by atoms with E-state index in [-0.39, 0.29) is 0 Å². The molecule has 1 aliphatic carbocycles. The van der Waals surface area contributed by atoms with E-state index < -0.39 is 0 Å². The van der Waals surface area contributed by atoms with Crippen LogP contribution in [0.1, 0.15) is 51.9 Å². The Balaban J connectivity index is 1.57. The van der Waals surface area contributed by atoms with Gasteiger partial charge in [0.2, 0.25) is 0 Å². The van der Waals surface area contributed by atoms with Gasteiger partial charge in [-0.1, -0.05) is 19.8 Å². The van der Waals surface area contributed by atoms with Crippen molar-refractivity contribution in [2.45, 2.75) is 57.9 Å². The SMILES string of the molecule is CCCNC1CCCN(CCCC2CC2)C1. The van der Waals surface area contributed by atoms with Crippen LogP contribution in [0.5, 0.6) is 0 Å². The van der Waals surface area contributed by atoms with Crippen LogP contribution in [0.4, 0.5) is 0 Å². The number of nitrogens with zero attached hydrogens (tertiary/aromatic N) is 1. The Bertz CT molecular complexity index is 189. The van der Waals surface area contributed by atoms with Crippen LogP contribution in [0.3, 0.4) is 0 Å². The van der Waals surface area contributed by atoms with Crippen LogP contribution in [0.25, 0.3) is 0 Å². The van der Waals surface area contributed by atoms with Crippen molar-refractivity contribution in [1.82, 2.24) is 10.2 Å². The Morgan fingerprint density at radius 1 is 1.25 bits per heavy atom. The topological polar surface area (TPSA) is 15.3 Å². The van der Waals surface area contributed by atoms with Gasteiger partial charge in [0.25, 0.3) is 0 Å². The van der Waals surface area contributed by atoms with Crippen LogP contribution in [-0.4, -0.2) is 37.1 Å². The first kappa shape index (κ1) is 12.4. The van der Waals surface area contributed by atoms with Gasteiger partial charge >= 0.3 is 0 Å². The maximum Gasteiger partial charge on any atom is 0.0195 e. The second-order valence-electron chi connectivity index (χ2n) is 5.68. The van der Waals surface area contributed by atoms with E-state index in [1.54, 1.807) is 0 Å². The van der Waals surface area contributed by atoms with E-state index in [4.69, 9.17) is 0 Å². The van der Waals surface area contributed by atoms with Crippen LogP contribution >= 0.6 is 0 Å². The molecule has 0 amide bonds. The lowest BCUT2D eigenvalue weighted by Gasteiger charge is -2.33. The summed E-state index contributed by atoms with van der Waals surface area (Å²) < 4.78 is 0. The molecule has 0 aromatic rings. The van der Waals surface area contributed by atoms with Crippen molar-refractivity contribution < 1.29 is 0 Å². The van der Waals surface area contributed by atoms with Crippen LogP contribution in [0.15, 0.2) is 0 Å². The molecular formula is C14H28N2. The van der Waals surface area contributed by atoms with Crippen molar-refractivity contribution in [1.29, 1.82) is 0 Å². The second kappa shape index (κ2) is 6.61. The molecule has 2 rings (SSSR count). The van der Waals surface area contributed by atoms with Crippen molar-refractivity contribution in [3.63, 3.8) is 0 Å². The van der Waals surface area contributed by atoms with E-state index >= 15 is 0 Å². The molecule has 1 saturated heterocycles. The number of likely N-dealkylation sites (tertiary alicyclic amines) is 1. The third-order valence-electron chi connectivity index (χ3n) is 3.97. The number of hydrogen-bond donors (Lipinski definition) is 1. The maximum absolute atomic E-state index is 3.67. The Kier molecular flexibility index (Phi) is 5.11. The molecule has 1 atom stereocenters. The smallest absolute Gasteiger partial charge is 0.0195 e. The monoisotopic (exact) mass is 224 g/mol. The van der Waals surface area contributed by atoms with Crippen molar-refractivity contribution in [3.8, 4) is 0 Å². The first-order chi connectivity index (χ1) is 7.88. The van der Waals surface area contributed by atoms with Gasteiger partial charge in [0.15, 0.2) is 0 Å². The molecule has 94 valence electrons. The van der Waals surface area contributed by atoms with Gasteiger partial charge < -0.3 is 10.2 Å². The van der Waals surface area contributed by atoms with Gasteiger partial charge in [-0.15, -0.1) is 0 Å². The van der Waals surface area contributed by atoms with Gasteiger partial charge in [-0.2, -0.15) is 0 Å². The number of hydrogen-bond acceptors (Lipinski definition) is 2. The summed E-state index contributed by atoms with van der Waals surface area (Å²) in [4.78, 5) is 2.68. The average molecular weight is 224 g/mol. The third-order valence-corrected chi connectivity index (χ3v) is 3.97. The minimum absolute atomic E-state index is 0.773. The molecule has 16 heavy (non-hydrogen) atoms. The Morgan fingerprint density at radius 3 is 2.88 bits per heavy atom. The predicted molar refractivity (Wildman–Crippen MR) is 69.7 cm³/mol. The van der Waals surface area contributed by atoms with E-state index in [0.29, 0.717) is 0 Å². The summed E-state index contributed by atoms with van der Waals surface area (Å²) in [6.07, 6.45) is 10.00. The fourth-order valence-corrected chi connectivity index (χ4v) is 2.78. The van der Waals surface area contributed by atoms with Crippen LogP contribution < -0.4 is 5.32 Å². The minimum Gasteiger partial charge on any atom is -0.313 e. The molecule has 0 bridgehead atoms. The van der Waals surface area contributed by atoms with Gasteiger partial charge in [-0.3, -0.25) is 0 Å². The lowest BCUT2D eigenvalue weighted by atomic mass is 10.0. The summed E-state index contributed by atoms with van der Waals surface area (Å²) in [7, 11) is 0. The highest BCUT2D eigenvalue weighted by atomic mass is 15.2. The summed E-state index contributed by atoms with van der Waals surface area (Å²) >= 11 is 0. The van der Waals surface area contributed by atoms with Gasteiger partial charge in [0, 0.05) is 12.6 Å². The molecule has 1 aliphatic heterocycles. The van der Waals surface area contributed by atoms with E-state index in [1.165, 1.54) is 71.1 Å². The van der Waals surface area contributed by atoms with E-state index in [9.17, 15) is 0 Å². The van der Waals surface area contributed by atoms with E-state index in [2.05, 4.69) is 17.1 Å². The molecule has 1 saturated carbocycles. The van der Waals surface area contributed by atoms with Crippen molar-refractivity contribution in [2.24, 2.45) is 5.92 Å². The second-order valence-corrected chi connectivity index (χ2v) is 5.68. The highest BCUT2D eigenvalue weighted by Crippen LogP contribution is 2.33. The zero-order valence-electron chi connectivity index (χ0n) is 10.9. The Morgan fingerprint density at radius 2 is 2.12 bits per heavy atom. The number of nitrogens with one attached hydrogen (secondary N) is 1. The van der Waals surface area contributed by atoms with Gasteiger partial charge in [0.1, 0.15) is 0 Å². The highest BCUT2D eigenvalue weighted by Gasteiger charge is 2.22. The van der Waals surface area contributed by atoms with Crippen LogP contribution in [-0.2, 0) is 0 Å². The quantitative estimate of drug-likeness (QED) is 0.715. The molecule has 1 N–H and O–H groups in total. The molecule has 1 unspecified atom stereocenters. The lowest BCUT2D eigenvalue weighted by Crippen LogP contribution is -2.46. The summed E-state index contributed by atoms with van der Waals surface area (Å²) in [5, 5.41) is 3.67. The van der Waals surface area contributed by atoms with Gasteiger partial charge in [0.05, 0.1) is 0 Å². The molecule has 0 aromatic heterocycles. The molecular weight excluding hydrogens is 196 g/mol. The van der Waals surface area contributed by atoms with Gasteiger partial charge in [-0.25, -0.2) is 0 Å². The normalized spacial score (nSPS) is 27.2. The molecule has 2 aliphatic rings. The lowest BCUT2D eigenvalue weighted by molar-refractivity contribution is 0.187. The molecule has 2 nitrogen and oxygen atoms in total. The van der Waals surface area contributed by atoms with Crippen LogP contribution in [0.2, 0.25) is 0 Å². The molecule has 2 heteroatoms. The summed E-state index contributed by atoms with van der Waals surface area (Å²) in [6, 6.07) is 0.773. The maximum atomic E-state index is 3.67. The standard InChI is InChI=1S/C14H28N2/c1-2-9-15-14-6-4-11-16(12-14)10-3-5-13-7-8-13/h13-15H,2-12H2,1H3. The third kappa shape index (κ3) is 4.42.